The number of Topliss-reactive ketones (excluding diaryl/α,β-unsaturated/α-hetero) is 1. The summed E-state index contributed by atoms with van der Waals surface area (Å²) in [6.45, 7) is 4.53. The van der Waals surface area contributed by atoms with Gasteiger partial charge in [0.05, 0.1) is 21.6 Å². The van der Waals surface area contributed by atoms with E-state index >= 15 is 0 Å². The van der Waals surface area contributed by atoms with Crippen LogP contribution in [-0.2, 0) is 11.2 Å². The third-order valence-corrected chi connectivity index (χ3v) is 7.06. The molecule has 3 rings (SSSR count). The molecule has 0 spiro atoms. The smallest absolute Gasteiger partial charge is 0.173 e. The third-order valence-electron chi connectivity index (χ3n) is 5.69. The predicted octanol–water partition coefficient (Wildman–Crippen LogP) is 5.48. The number of aliphatic imine (C=N–C) groups is 1. The summed E-state index contributed by atoms with van der Waals surface area (Å²) in [6, 6.07) is 13.6. The molecule has 1 unspecified atom stereocenters. The van der Waals surface area contributed by atoms with E-state index in [1.54, 1.807) is 12.1 Å². The van der Waals surface area contributed by atoms with Crippen LogP contribution >= 0.6 is 23.4 Å². The number of aliphatic hydroxyl groups is 2. The van der Waals surface area contributed by atoms with Crippen molar-refractivity contribution >= 4 is 40.3 Å². The van der Waals surface area contributed by atoms with E-state index in [1.165, 1.54) is 22.9 Å². The van der Waals surface area contributed by atoms with Crippen LogP contribution in [0.3, 0.4) is 0 Å². The molecule has 1 saturated heterocycles. The van der Waals surface area contributed by atoms with Crippen LogP contribution in [0.15, 0.2) is 52.4 Å². The summed E-state index contributed by atoms with van der Waals surface area (Å²) in [5.74, 6) is 0.470. The van der Waals surface area contributed by atoms with Crippen molar-refractivity contribution in [3.63, 3.8) is 0 Å². The van der Waals surface area contributed by atoms with Crippen molar-refractivity contribution in [2.45, 2.75) is 45.6 Å². The summed E-state index contributed by atoms with van der Waals surface area (Å²) in [6.07, 6.45) is 4.20. The van der Waals surface area contributed by atoms with Crippen molar-refractivity contribution in [2.75, 3.05) is 19.8 Å². The largest absolute Gasteiger partial charge is 0.489 e. The molecule has 1 aliphatic rings. The van der Waals surface area contributed by atoms with E-state index in [9.17, 15) is 9.90 Å². The van der Waals surface area contributed by atoms with Gasteiger partial charge < -0.3 is 14.9 Å². The second-order valence-electron chi connectivity index (χ2n) is 8.45. The number of halogens is 1. The average molecular weight is 502 g/mol. The first kappa shape index (κ1) is 26.5. The number of aliphatic hydroxyl groups excluding tert-OH is 2. The molecule has 2 aromatic carbocycles. The molecule has 0 aliphatic carbocycles. The Morgan fingerprint density at radius 3 is 2.79 bits per heavy atom. The summed E-state index contributed by atoms with van der Waals surface area (Å²) in [4.78, 5) is 18.8. The normalized spacial score (nSPS) is 19.6. The molecular formula is C27H32ClNO4S. The molecule has 0 amide bonds. The highest BCUT2D eigenvalue weighted by molar-refractivity contribution is 8.18. The van der Waals surface area contributed by atoms with E-state index in [0.29, 0.717) is 22.1 Å². The number of benzene rings is 2. The molecule has 2 N–H and O–H groups in total. The Bertz CT molecular complexity index is 1050. The molecule has 2 aromatic rings. The van der Waals surface area contributed by atoms with E-state index in [4.69, 9.17) is 26.4 Å². The zero-order valence-corrected chi connectivity index (χ0v) is 21.2. The summed E-state index contributed by atoms with van der Waals surface area (Å²) in [5.41, 5.74) is 3.32. The molecular weight excluding hydrogens is 470 g/mol. The summed E-state index contributed by atoms with van der Waals surface area (Å²) >= 11 is 7.81. The minimum Gasteiger partial charge on any atom is -0.489 e. The maximum Gasteiger partial charge on any atom is 0.173 e. The Morgan fingerprint density at radius 2 is 2.09 bits per heavy atom. The number of hydrogen-bond acceptors (Lipinski definition) is 6. The number of allylic oxidation sites excluding steroid dienone is 1. The van der Waals surface area contributed by atoms with Crippen LogP contribution in [0.2, 0.25) is 5.02 Å². The minimum absolute atomic E-state index is 0.0508. The monoisotopic (exact) mass is 501 g/mol. The number of thioether (sulfide) groups is 1. The van der Waals surface area contributed by atoms with Crippen LogP contribution in [0.1, 0.15) is 42.9 Å². The maximum absolute atomic E-state index is 13.4. The van der Waals surface area contributed by atoms with Crippen molar-refractivity contribution in [1.29, 1.82) is 0 Å². The van der Waals surface area contributed by atoms with Gasteiger partial charge in [0.2, 0.25) is 0 Å². The number of nitrogens with zero attached hydrogens (tertiary/aromatic N) is 1. The number of ketones is 1. The maximum atomic E-state index is 13.4. The second kappa shape index (κ2) is 13.1. The zero-order chi connectivity index (χ0) is 24.5. The highest BCUT2D eigenvalue weighted by Crippen LogP contribution is 2.37. The molecule has 0 bridgehead atoms. The Hall–Kier alpha value is -2.12. The molecule has 1 fully saturated rings. The van der Waals surface area contributed by atoms with E-state index in [0.717, 1.165) is 36.4 Å². The number of hydrogen-bond donors (Lipinski definition) is 2. The predicted molar refractivity (Wildman–Crippen MR) is 141 cm³/mol. The molecule has 2 atom stereocenters. The molecule has 182 valence electrons. The van der Waals surface area contributed by atoms with E-state index in [-0.39, 0.29) is 24.9 Å². The molecule has 1 heterocycles. The van der Waals surface area contributed by atoms with E-state index in [2.05, 4.69) is 26.0 Å². The molecule has 7 heteroatoms. The Labute approximate surface area is 210 Å². The van der Waals surface area contributed by atoms with Gasteiger partial charge in [-0.25, -0.2) is 0 Å². The van der Waals surface area contributed by atoms with Crippen LogP contribution < -0.4 is 4.74 Å². The van der Waals surface area contributed by atoms with Gasteiger partial charge in [-0.15, -0.1) is 0 Å². The molecule has 34 heavy (non-hydrogen) atoms. The van der Waals surface area contributed by atoms with Gasteiger partial charge in [0.1, 0.15) is 18.5 Å². The van der Waals surface area contributed by atoms with Gasteiger partial charge in [-0.3, -0.25) is 9.79 Å². The summed E-state index contributed by atoms with van der Waals surface area (Å²) < 4.78 is 5.46. The van der Waals surface area contributed by atoms with Crippen LogP contribution in [0, 0.1) is 12.8 Å². The quantitative estimate of drug-likeness (QED) is 0.421. The lowest BCUT2D eigenvalue weighted by molar-refractivity contribution is -0.118. The van der Waals surface area contributed by atoms with Crippen molar-refractivity contribution in [3.8, 4) is 5.75 Å². The molecule has 0 aromatic heterocycles. The van der Waals surface area contributed by atoms with Crippen molar-refractivity contribution in [3.05, 3.63) is 69.1 Å². The number of carbonyl (C=O) groups is 1. The minimum atomic E-state index is -0.966. The lowest BCUT2D eigenvalue weighted by atomic mass is 9.90. The molecule has 5 nitrogen and oxygen atoms in total. The van der Waals surface area contributed by atoms with Crippen molar-refractivity contribution in [2.24, 2.45) is 10.9 Å². The van der Waals surface area contributed by atoms with Crippen LogP contribution in [0.25, 0.3) is 6.08 Å². The van der Waals surface area contributed by atoms with E-state index in [1.807, 2.05) is 24.3 Å². The molecule has 0 saturated carbocycles. The first-order valence-electron chi connectivity index (χ1n) is 11.6. The highest BCUT2D eigenvalue weighted by Gasteiger charge is 2.30. The standard InChI is InChI=1S/C27H32ClNO4S/c1-3-12-29-26-15-21(10-9-20-7-5-4-6-18(20)2)27(32)25(34-26)14-19-8-11-24(23(28)13-19)33-17-22(31)16-30/h4-8,11,13-14,21-22,30-31H,3,9-10,12,15-17H2,1-2H3/b25-14-,29-26-/t21?,22-/m1/s1. The van der Waals surface area contributed by atoms with Crippen molar-refractivity contribution < 1.29 is 19.7 Å². The van der Waals surface area contributed by atoms with Gasteiger partial charge in [0, 0.05) is 18.9 Å². The van der Waals surface area contributed by atoms with Crippen LogP contribution in [0.4, 0.5) is 0 Å². The van der Waals surface area contributed by atoms with Crippen LogP contribution in [-0.4, -0.2) is 46.9 Å². The fourth-order valence-electron chi connectivity index (χ4n) is 3.72. The first-order valence-corrected chi connectivity index (χ1v) is 12.8. The Balaban J connectivity index is 1.78. The summed E-state index contributed by atoms with van der Waals surface area (Å²) in [5, 5.41) is 19.8. The molecule has 1 aliphatic heterocycles. The average Bonchev–Trinajstić information content (AvgIpc) is 2.83. The number of carbonyl (C=O) groups excluding carboxylic acids is 1. The van der Waals surface area contributed by atoms with Crippen LogP contribution in [0.5, 0.6) is 5.75 Å². The fourth-order valence-corrected chi connectivity index (χ4v) is 5.12. The third kappa shape index (κ3) is 7.44. The topological polar surface area (TPSA) is 79.1 Å². The Kier molecular flexibility index (Phi) is 10.2. The number of rotatable bonds is 10. The van der Waals surface area contributed by atoms with Gasteiger partial charge in [0.15, 0.2) is 5.78 Å². The first-order chi connectivity index (χ1) is 16.4. The number of ether oxygens (including phenoxy) is 1. The summed E-state index contributed by atoms with van der Waals surface area (Å²) in [7, 11) is 0. The zero-order valence-electron chi connectivity index (χ0n) is 19.7. The second-order valence-corrected chi connectivity index (χ2v) is 9.98. The SMILES string of the molecule is CCC/N=C1/CC(CCc2ccccc2C)C(=O)/C(=C/c2ccc(OC[C@H](O)CO)c(Cl)c2)S1. The fraction of sp³-hybridized carbons (Fsp3) is 0.407. The van der Waals surface area contributed by atoms with Gasteiger partial charge in [-0.1, -0.05) is 60.6 Å². The van der Waals surface area contributed by atoms with E-state index < -0.39 is 6.10 Å². The number of aryl methyl sites for hydroxylation is 2. The highest BCUT2D eigenvalue weighted by atomic mass is 35.5. The Morgan fingerprint density at radius 1 is 1.29 bits per heavy atom. The molecule has 0 radical (unpaired) electrons. The van der Waals surface area contributed by atoms with Crippen molar-refractivity contribution in [1.82, 2.24) is 0 Å². The van der Waals surface area contributed by atoms with Gasteiger partial charge in [-0.2, -0.15) is 0 Å². The van der Waals surface area contributed by atoms with Gasteiger partial charge >= 0.3 is 0 Å². The lowest BCUT2D eigenvalue weighted by Crippen LogP contribution is -2.25. The van der Waals surface area contributed by atoms with Gasteiger partial charge in [0.25, 0.3) is 0 Å². The van der Waals surface area contributed by atoms with Gasteiger partial charge in [-0.05, 0) is 61.1 Å². The lowest BCUT2D eigenvalue weighted by Gasteiger charge is -2.24.